The topological polar surface area (TPSA) is 52.9 Å². The predicted octanol–water partition coefficient (Wildman–Crippen LogP) is -0.653. The normalized spacial score (nSPS) is 13.8. The lowest BCUT2D eigenvalue weighted by Crippen LogP contribution is -2.36. The van der Waals surface area contributed by atoms with Crippen molar-refractivity contribution < 1.29 is 14.9 Å². The van der Waals surface area contributed by atoms with Crippen LogP contribution in [0.15, 0.2) is 0 Å². The molecule has 0 saturated heterocycles. The minimum absolute atomic E-state index is 0.101. The molecule has 0 spiro atoms. The molecule has 72 valence electrons. The first-order valence-electron chi connectivity index (χ1n) is 4.07. The van der Waals surface area contributed by atoms with Crippen molar-refractivity contribution in [1.29, 1.82) is 0 Å². The number of nitrogens with zero attached hydrogens (tertiary/aromatic N) is 1. The van der Waals surface area contributed by atoms with Gasteiger partial charge in [0.05, 0.1) is 19.3 Å². The zero-order valence-corrected chi connectivity index (χ0v) is 7.44. The number of rotatable bonds is 7. The van der Waals surface area contributed by atoms with Gasteiger partial charge in [0.1, 0.15) is 7.11 Å². The lowest BCUT2D eigenvalue weighted by atomic mass is 10.3. The zero-order chi connectivity index (χ0) is 9.40. The number of hydrogen-bond acceptors (Lipinski definition) is 4. The largest absolute Gasteiger partial charge is 0.395 e. The van der Waals surface area contributed by atoms with Gasteiger partial charge in [-0.05, 0) is 6.54 Å². The molecule has 12 heavy (non-hydrogen) atoms. The standard InChI is InChI=1S/C8H17NO3/c1-3-9(4-5-10)6-8(11)7-12-2/h2,8,10-11H,3-7H2,1H3. The van der Waals surface area contributed by atoms with Crippen LogP contribution in [0.25, 0.3) is 0 Å². The summed E-state index contributed by atoms with van der Waals surface area (Å²) in [6, 6.07) is 0. The van der Waals surface area contributed by atoms with Crippen molar-refractivity contribution in [2.75, 3.05) is 32.8 Å². The minimum atomic E-state index is -0.582. The van der Waals surface area contributed by atoms with Crippen molar-refractivity contribution in [3.05, 3.63) is 7.11 Å². The van der Waals surface area contributed by atoms with Crippen LogP contribution in [-0.4, -0.2) is 54.1 Å². The Bertz CT molecular complexity index is 100. The highest BCUT2D eigenvalue weighted by Crippen LogP contribution is 1.92. The third-order valence-electron chi connectivity index (χ3n) is 1.62. The Morgan fingerprint density at radius 1 is 1.58 bits per heavy atom. The van der Waals surface area contributed by atoms with E-state index in [1.165, 1.54) is 0 Å². The number of likely N-dealkylation sites (N-methyl/N-ethyl adjacent to an activating group) is 1. The molecule has 0 heterocycles. The number of aliphatic hydroxyl groups excluding tert-OH is 2. The molecule has 0 aromatic heterocycles. The van der Waals surface area contributed by atoms with E-state index in [2.05, 4.69) is 4.74 Å². The summed E-state index contributed by atoms with van der Waals surface area (Å²) in [5.74, 6) is 0. The van der Waals surface area contributed by atoms with Crippen molar-refractivity contribution in [1.82, 2.24) is 4.90 Å². The van der Waals surface area contributed by atoms with Crippen LogP contribution < -0.4 is 0 Å². The van der Waals surface area contributed by atoms with E-state index >= 15 is 0 Å². The average molecular weight is 175 g/mol. The van der Waals surface area contributed by atoms with Crippen LogP contribution in [0.1, 0.15) is 6.92 Å². The molecule has 4 heteroatoms. The van der Waals surface area contributed by atoms with Gasteiger partial charge in [-0.3, -0.25) is 4.90 Å². The van der Waals surface area contributed by atoms with Gasteiger partial charge < -0.3 is 14.9 Å². The molecule has 0 aromatic carbocycles. The molecule has 0 aromatic rings. The van der Waals surface area contributed by atoms with Gasteiger partial charge in [-0.15, -0.1) is 0 Å². The van der Waals surface area contributed by atoms with E-state index in [0.717, 1.165) is 6.54 Å². The lowest BCUT2D eigenvalue weighted by Gasteiger charge is -2.21. The van der Waals surface area contributed by atoms with Gasteiger partial charge in [-0.2, -0.15) is 0 Å². The van der Waals surface area contributed by atoms with Crippen LogP contribution in [0.5, 0.6) is 0 Å². The minimum Gasteiger partial charge on any atom is -0.395 e. The van der Waals surface area contributed by atoms with Gasteiger partial charge >= 0.3 is 0 Å². The van der Waals surface area contributed by atoms with E-state index in [9.17, 15) is 5.11 Å². The highest BCUT2D eigenvalue weighted by molar-refractivity contribution is 4.62. The van der Waals surface area contributed by atoms with E-state index in [0.29, 0.717) is 13.1 Å². The fourth-order valence-corrected chi connectivity index (χ4v) is 0.982. The average Bonchev–Trinajstić information content (AvgIpc) is 2.04. The molecule has 1 unspecified atom stereocenters. The summed E-state index contributed by atoms with van der Waals surface area (Å²) in [5.41, 5.74) is 0. The van der Waals surface area contributed by atoms with Gasteiger partial charge in [0.15, 0.2) is 0 Å². The summed E-state index contributed by atoms with van der Waals surface area (Å²) < 4.78 is 4.29. The smallest absolute Gasteiger partial charge is 0.115 e. The first-order chi connectivity index (χ1) is 5.74. The Morgan fingerprint density at radius 2 is 2.25 bits per heavy atom. The summed E-state index contributed by atoms with van der Waals surface area (Å²) in [6.45, 7) is 4.03. The lowest BCUT2D eigenvalue weighted by molar-refractivity contribution is 0.0467. The molecular weight excluding hydrogens is 158 g/mol. The first-order valence-corrected chi connectivity index (χ1v) is 4.07. The monoisotopic (exact) mass is 175 g/mol. The highest BCUT2D eigenvalue weighted by Gasteiger charge is 2.08. The third kappa shape index (κ3) is 5.49. The van der Waals surface area contributed by atoms with E-state index < -0.39 is 6.10 Å². The fourth-order valence-electron chi connectivity index (χ4n) is 0.982. The van der Waals surface area contributed by atoms with Crippen LogP contribution >= 0.6 is 0 Å². The molecule has 2 radical (unpaired) electrons. The van der Waals surface area contributed by atoms with E-state index in [-0.39, 0.29) is 13.2 Å². The summed E-state index contributed by atoms with van der Waals surface area (Å²) in [7, 11) is 4.79. The maximum absolute atomic E-state index is 9.25. The Hall–Kier alpha value is -0.160. The molecule has 0 aliphatic heterocycles. The summed E-state index contributed by atoms with van der Waals surface area (Å²) >= 11 is 0. The number of hydrogen-bond donors (Lipinski definition) is 2. The second-order valence-electron chi connectivity index (χ2n) is 2.60. The van der Waals surface area contributed by atoms with Gasteiger partial charge in [-0.25, -0.2) is 0 Å². The Morgan fingerprint density at radius 3 is 2.67 bits per heavy atom. The Kier molecular flexibility index (Phi) is 7.39. The summed E-state index contributed by atoms with van der Waals surface area (Å²) in [5, 5.41) is 17.9. The van der Waals surface area contributed by atoms with Crippen LogP contribution in [0.4, 0.5) is 0 Å². The summed E-state index contributed by atoms with van der Waals surface area (Å²) in [4.78, 5) is 1.92. The quantitative estimate of drug-likeness (QED) is 0.539. The molecule has 0 aliphatic rings. The van der Waals surface area contributed by atoms with Gasteiger partial charge in [0.25, 0.3) is 0 Å². The molecule has 0 bridgehead atoms. The first kappa shape index (κ1) is 11.8. The van der Waals surface area contributed by atoms with Crippen molar-refractivity contribution in [3.8, 4) is 0 Å². The molecule has 0 rings (SSSR count). The van der Waals surface area contributed by atoms with Crippen molar-refractivity contribution in [2.24, 2.45) is 0 Å². The molecule has 0 fully saturated rings. The van der Waals surface area contributed by atoms with Crippen molar-refractivity contribution >= 4 is 0 Å². The molecule has 1 atom stereocenters. The maximum atomic E-state index is 9.25. The zero-order valence-electron chi connectivity index (χ0n) is 7.44. The molecule has 4 nitrogen and oxygen atoms in total. The second-order valence-corrected chi connectivity index (χ2v) is 2.60. The fraction of sp³-hybridized carbons (Fsp3) is 0.875. The highest BCUT2D eigenvalue weighted by atomic mass is 16.5. The van der Waals surface area contributed by atoms with E-state index in [4.69, 9.17) is 12.2 Å². The van der Waals surface area contributed by atoms with Crippen molar-refractivity contribution in [2.45, 2.75) is 13.0 Å². The van der Waals surface area contributed by atoms with E-state index in [1.807, 2.05) is 11.8 Å². The van der Waals surface area contributed by atoms with Crippen LogP contribution in [0, 0.1) is 7.11 Å². The predicted molar refractivity (Wildman–Crippen MR) is 45.5 cm³/mol. The number of ether oxygens (including phenoxy) is 1. The third-order valence-corrected chi connectivity index (χ3v) is 1.62. The van der Waals surface area contributed by atoms with Crippen LogP contribution in [0.3, 0.4) is 0 Å². The Balaban J connectivity index is 3.53. The van der Waals surface area contributed by atoms with E-state index in [1.54, 1.807) is 0 Å². The van der Waals surface area contributed by atoms with Gasteiger partial charge in [-0.1, -0.05) is 6.92 Å². The molecule has 0 amide bonds. The number of aliphatic hydroxyl groups is 2. The van der Waals surface area contributed by atoms with Gasteiger partial charge in [0, 0.05) is 13.1 Å². The summed E-state index contributed by atoms with van der Waals surface area (Å²) in [6.07, 6.45) is -0.582. The molecule has 2 N–H and O–H groups in total. The Labute approximate surface area is 73.8 Å². The second kappa shape index (κ2) is 7.49. The molecule has 0 aliphatic carbocycles. The molecule has 0 saturated carbocycles. The SMILES string of the molecule is [CH]OCC(O)CN(CC)CCO. The van der Waals surface area contributed by atoms with Crippen LogP contribution in [-0.2, 0) is 4.74 Å². The molecular formula is C8H17NO3. The van der Waals surface area contributed by atoms with Gasteiger partial charge in [0.2, 0.25) is 0 Å². The van der Waals surface area contributed by atoms with Crippen LogP contribution in [0.2, 0.25) is 0 Å². The van der Waals surface area contributed by atoms with Crippen molar-refractivity contribution in [3.63, 3.8) is 0 Å². The maximum Gasteiger partial charge on any atom is 0.115 e.